The summed E-state index contributed by atoms with van der Waals surface area (Å²) in [5.41, 5.74) is 1.11. The van der Waals surface area contributed by atoms with Crippen molar-refractivity contribution >= 4 is 17.7 Å². The zero-order valence-corrected chi connectivity index (χ0v) is 11.2. The molecule has 0 unspecified atom stereocenters. The molecule has 0 aromatic heterocycles. The van der Waals surface area contributed by atoms with Gasteiger partial charge in [0.2, 0.25) is 5.91 Å². The second-order valence-electron chi connectivity index (χ2n) is 4.52. The number of amides is 1. The molecule has 4 heteroatoms. The molecular weight excluding hydrogens is 249 g/mol. The third-order valence-electron chi connectivity index (χ3n) is 3.10. The number of halogens is 1. The van der Waals surface area contributed by atoms with Crippen LogP contribution in [0.15, 0.2) is 24.3 Å². The van der Waals surface area contributed by atoms with Crippen molar-refractivity contribution in [2.45, 2.75) is 25.0 Å². The smallest absolute Gasteiger partial charge is 0.223 e. The summed E-state index contributed by atoms with van der Waals surface area (Å²) in [6.45, 7) is 1.86. The van der Waals surface area contributed by atoms with Crippen LogP contribution in [0.2, 0.25) is 0 Å². The van der Waals surface area contributed by atoms with Crippen LogP contribution in [-0.2, 0) is 10.5 Å². The van der Waals surface area contributed by atoms with E-state index in [1.54, 1.807) is 23.9 Å². The lowest BCUT2D eigenvalue weighted by Crippen LogP contribution is -2.27. The monoisotopic (exact) mass is 267 g/mol. The number of hydrogen-bond donors (Lipinski definition) is 0. The molecule has 98 valence electrons. The summed E-state index contributed by atoms with van der Waals surface area (Å²) >= 11 is 1.73. The predicted molar refractivity (Wildman–Crippen MR) is 73.0 cm³/mol. The lowest BCUT2D eigenvalue weighted by Gasteiger charge is -2.14. The zero-order valence-electron chi connectivity index (χ0n) is 10.4. The van der Waals surface area contributed by atoms with E-state index in [-0.39, 0.29) is 11.7 Å². The zero-order chi connectivity index (χ0) is 12.8. The van der Waals surface area contributed by atoms with Crippen LogP contribution >= 0.6 is 11.8 Å². The first-order valence-corrected chi connectivity index (χ1v) is 7.51. The van der Waals surface area contributed by atoms with Gasteiger partial charge in [-0.1, -0.05) is 12.1 Å². The molecule has 1 aliphatic heterocycles. The highest BCUT2D eigenvalue weighted by Crippen LogP contribution is 2.15. The molecule has 18 heavy (non-hydrogen) atoms. The summed E-state index contributed by atoms with van der Waals surface area (Å²) in [6.07, 6.45) is 2.91. The number of thioether (sulfide) groups is 1. The molecule has 1 saturated heterocycles. The van der Waals surface area contributed by atoms with Gasteiger partial charge in [0.05, 0.1) is 0 Å². The Morgan fingerprint density at radius 2 is 1.89 bits per heavy atom. The van der Waals surface area contributed by atoms with Gasteiger partial charge < -0.3 is 4.90 Å². The Morgan fingerprint density at radius 1 is 1.22 bits per heavy atom. The first kappa shape index (κ1) is 13.4. The van der Waals surface area contributed by atoms with Crippen molar-refractivity contribution in [2.75, 3.05) is 18.8 Å². The lowest BCUT2D eigenvalue weighted by molar-refractivity contribution is -0.129. The molecule has 1 aliphatic rings. The third-order valence-corrected chi connectivity index (χ3v) is 4.13. The molecular formula is C14H18FNOS. The molecule has 2 nitrogen and oxygen atoms in total. The quantitative estimate of drug-likeness (QED) is 0.764. The van der Waals surface area contributed by atoms with Gasteiger partial charge in [-0.2, -0.15) is 11.8 Å². The maximum absolute atomic E-state index is 12.7. The molecule has 1 amide bonds. The largest absolute Gasteiger partial charge is 0.343 e. The Morgan fingerprint density at radius 3 is 2.56 bits per heavy atom. The molecule has 0 spiro atoms. The van der Waals surface area contributed by atoms with Crippen LogP contribution in [0, 0.1) is 5.82 Å². The Balaban J connectivity index is 1.63. The molecule has 1 fully saturated rings. The molecule has 1 aromatic rings. The van der Waals surface area contributed by atoms with Crippen molar-refractivity contribution < 1.29 is 9.18 Å². The van der Waals surface area contributed by atoms with E-state index in [9.17, 15) is 9.18 Å². The second kappa shape index (κ2) is 6.78. The Kier molecular flexibility index (Phi) is 5.05. The molecule has 0 saturated carbocycles. The normalized spacial score (nSPS) is 15.1. The van der Waals surface area contributed by atoms with Crippen LogP contribution in [0.25, 0.3) is 0 Å². The molecule has 0 atom stereocenters. The molecule has 0 bridgehead atoms. The standard InChI is InChI=1S/C14H18FNOS/c15-13-5-3-12(4-6-13)11-18-10-7-14(17)16-8-1-2-9-16/h3-6H,1-2,7-11H2. The van der Waals surface area contributed by atoms with Crippen molar-refractivity contribution in [2.24, 2.45) is 0 Å². The average molecular weight is 267 g/mol. The van der Waals surface area contributed by atoms with Gasteiger partial charge in [-0.15, -0.1) is 0 Å². The Hall–Kier alpha value is -1.03. The number of carbonyl (C=O) groups excluding carboxylic acids is 1. The minimum atomic E-state index is -0.201. The van der Waals surface area contributed by atoms with E-state index in [2.05, 4.69) is 0 Å². The number of rotatable bonds is 5. The summed E-state index contributed by atoms with van der Waals surface area (Å²) in [4.78, 5) is 13.7. The first-order chi connectivity index (χ1) is 8.75. The van der Waals surface area contributed by atoms with Gasteiger partial charge >= 0.3 is 0 Å². The van der Waals surface area contributed by atoms with Crippen LogP contribution in [0.4, 0.5) is 4.39 Å². The van der Waals surface area contributed by atoms with E-state index in [4.69, 9.17) is 0 Å². The van der Waals surface area contributed by atoms with Gasteiger partial charge in [-0.25, -0.2) is 4.39 Å². The van der Waals surface area contributed by atoms with Crippen molar-refractivity contribution in [1.29, 1.82) is 0 Å². The van der Waals surface area contributed by atoms with E-state index < -0.39 is 0 Å². The van der Waals surface area contributed by atoms with Crippen LogP contribution in [0.3, 0.4) is 0 Å². The Labute approximate surface area is 112 Å². The van der Waals surface area contributed by atoms with E-state index in [0.717, 1.165) is 43.0 Å². The van der Waals surface area contributed by atoms with Crippen molar-refractivity contribution in [3.63, 3.8) is 0 Å². The first-order valence-electron chi connectivity index (χ1n) is 6.35. The number of hydrogen-bond acceptors (Lipinski definition) is 2. The maximum atomic E-state index is 12.7. The van der Waals surface area contributed by atoms with Crippen molar-refractivity contribution in [3.05, 3.63) is 35.6 Å². The summed E-state index contributed by atoms with van der Waals surface area (Å²) in [6, 6.07) is 6.55. The summed E-state index contributed by atoms with van der Waals surface area (Å²) in [5.74, 6) is 1.76. The van der Waals surface area contributed by atoms with E-state index in [1.165, 1.54) is 12.1 Å². The molecule has 0 N–H and O–H groups in total. The highest BCUT2D eigenvalue weighted by atomic mass is 32.2. The van der Waals surface area contributed by atoms with Crippen LogP contribution in [-0.4, -0.2) is 29.6 Å². The lowest BCUT2D eigenvalue weighted by atomic mass is 10.2. The van der Waals surface area contributed by atoms with E-state index in [0.29, 0.717) is 6.42 Å². The second-order valence-corrected chi connectivity index (χ2v) is 5.62. The molecule has 1 aromatic carbocycles. The number of likely N-dealkylation sites (tertiary alicyclic amines) is 1. The average Bonchev–Trinajstić information content (AvgIpc) is 2.90. The minimum Gasteiger partial charge on any atom is -0.343 e. The topological polar surface area (TPSA) is 20.3 Å². The molecule has 1 heterocycles. The predicted octanol–water partition coefficient (Wildman–Crippen LogP) is 3.07. The van der Waals surface area contributed by atoms with Crippen LogP contribution < -0.4 is 0 Å². The van der Waals surface area contributed by atoms with Gasteiger partial charge in [0, 0.05) is 31.0 Å². The SMILES string of the molecule is O=C(CCSCc1ccc(F)cc1)N1CCCC1. The number of nitrogens with zero attached hydrogens (tertiary/aromatic N) is 1. The van der Waals surface area contributed by atoms with Crippen LogP contribution in [0.5, 0.6) is 0 Å². The van der Waals surface area contributed by atoms with E-state index >= 15 is 0 Å². The minimum absolute atomic E-state index is 0.201. The fraction of sp³-hybridized carbons (Fsp3) is 0.500. The van der Waals surface area contributed by atoms with Gasteiger partial charge in [-0.05, 0) is 30.5 Å². The third kappa shape index (κ3) is 4.02. The fourth-order valence-corrected chi connectivity index (χ4v) is 2.95. The van der Waals surface area contributed by atoms with Gasteiger partial charge in [-0.3, -0.25) is 4.79 Å². The van der Waals surface area contributed by atoms with Gasteiger partial charge in [0.1, 0.15) is 5.82 Å². The fourth-order valence-electron chi connectivity index (χ4n) is 2.05. The highest BCUT2D eigenvalue weighted by Gasteiger charge is 2.16. The summed E-state index contributed by atoms with van der Waals surface area (Å²) in [5, 5.41) is 0. The molecule has 0 aliphatic carbocycles. The van der Waals surface area contributed by atoms with Crippen LogP contribution in [0.1, 0.15) is 24.8 Å². The molecule has 0 radical (unpaired) electrons. The van der Waals surface area contributed by atoms with E-state index in [1.807, 2.05) is 4.90 Å². The summed E-state index contributed by atoms with van der Waals surface area (Å²) < 4.78 is 12.7. The highest BCUT2D eigenvalue weighted by molar-refractivity contribution is 7.98. The number of benzene rings is 1. The Bertz CT molecular complexity index is 387. The molecule has 2 rings (SSSR count). The van der Waals surface area contributed by atoms with Crippen molar-refractivity contribution in [1.82, 2.24) is 4.90 Å². The van der Waals surface area contributed by atoms with Gasteiger partial charge in [0.15, 0.2) is 0 Å². The summed E-state index contributed by atoms with van der Waals surface area (Å²) in [7, 11) is 0. The van der Waals surface area contributed by atoms with Crippen molar-refractivity contribution in [3.8, 4) is 0 Å². The number of carbonyl (C=O) groups is 1. The van der Waals surface area contributed by atoms with Gasteiger partial charge in [0.25, 0.3) is 0 Å². The maximum Gasteiger partial charge on any atom is 0.223 e.